The quantitative estimate of drug-likeness (QED) is 0.615. The molecule has 0 saturated heterocycles. The maximum atomic E-state index is 11.7. The molecule has 4 heteroatoms. The first-order valence-corrected chi connectivity index (χ1v) is 6.99. The molecule has 0 spiro atoms. The highest BCUT2D eigenvalue weighted by Crippen LogP contribution is 2.26. The molecule has 2 heterocycles. The molecule has 2 N–H and O–H groups in total. The molecule has 0 aliphatic carbocycles. The minimum atomic E-state index is -0.422. The molecule has 0 fully saturated rings. The Bertz CT molecular complexity index is 1020. The third kappa shape index (κ3) is 1.85. The maximum absolute atomic E-state index is 11.7. The molecule has 106 valence electrons. The SMILES string of the molecule is NC(=O)c1cn(-c2ccc3cccnc3c2)c2ccccc12. The van der Waals surface area contributed by atoms with Crippen molar-refractivity contribution in [3.8, 4) is 5.69 Å². The van der Waals surface area contributed by atoms with Crippen LogP contribution in [0.25, 0.3) is 27.5 Å². The lowest BCUT2D eigenvalue weighted by Crippen LogP contribution is -2.10. The highest BCUT2D eigenvalue weighted by Gasteiger charge is 2.13. The summed E-state index contributed by atoms with van der Waals surface area (Å²) >= 11 is 0. The second-order valence-electron chi connectivity index (χ2n) is 5.17. The molecule has 22 heavy (non-hydrogen) atoms. The molecule has 4 nitrogen and oxygen atoms in total. The minimum Gasteiger partial charge on any atom is -0.366 e. The number of hydrogen-bond acceptors (Lipinski definition) is 2. The Morgan fingerprint density at radius 1 is 1.05 bits per heavy atom. The summed E-state index contributed by atoms with van der Waals surface area (Å²) in [4.78, 5) is 16.1. The first-order valence-electron chi connectivity index (χ1n) is 6.99. The Hall–Kier alpha value is -3.14. The van der Waals surface area contributed by atoms with Crippen molar-refractivity contribution >= 4 is 27.7 Å². The zero-order valence-electron chi connectivity index (χ0n) is 11.7. The van der Waals surface area contributed by atoms with Gasteiger partial charge in [0.15, 0.2) is 0 Å². The van der Waals surface area contributed by atoms with Gasteiger partial charge in [0.1, 0.15) is 0 Å². The molecule has 4 aromatic rings. The van der Waals surface area contributed by atoms with E-state index >= 15 is 0 Å². The summed E-state index contributed by atoms with van der Waals surface area (Å²) in [5, 5.41) is 1.94. The van der Waals surface area contributed by atoms with Crippen LogP contribution in [0.4, 0.5) is 0 Å². The van der Waals surface area contributed by atoms with Crippen molar-refractivity contribution in [2.45, 2.75) is 0 Å². The lowest BCUT2D eigenvalue weighted by Gasteiger charge is -2.06. The van der Waals surface area contributed by atoms with Crippen LogP contribution < -0.4 is 5.73 Å². The van der Waals surface area contributed by atoms with Crippen molar-refractivity contribution in [3.05, 3.63) is 72.6 Å². The van der Waals surface area contributed by atoms with E-state index in [9.17, 15) is 4.79 Å². The van der Waals surface area contributed by atoms with Gasteiger partial charge in [0.2, 0.25) is 0 Å². The lowest BCUT2D eigenvalue weighted by atomic mass is 10.1. The second kappa shape index (κ2) is 4.70. The van der Waals surface area contributed by atoms with Crippen molar-refractivity contribution in [2.24, 2.45) is 5.73 Å². The number of rotatable bonds is 2. The summed E-state index contributed by atoms with van der Waals surface area (Å²) in [5.41, 5.74) is 8.84. The number of primary amides is 1. The lowest BCUT2D eigenvalue weighted by molar-refractivity contribution is 0.100. The molecule has 0 atom stereocenters. The number of nitrogens with zero attached hydrogens (tertiary/aromatic N) is 2. The van der Waals surface area contributed by atoms with Crippen molar-refractivity contribution in [3.63, 3.8) is 0 Å². The molecule has 4 rings (SSSR count). The molecule has 1 amide bonds. The van der Waals surface area contributed by atoms with Gasteiger partial charge in [0.05, 0.1) is 16.6 Å². The molecule has 0 saturated carbocycles. The van der Waals surface area contributed by atoms with Gasteiger partial charge in [0, 0.05) is 28.9 Å². The Morgan fingerprint density at radius 2 is 1.91 bits per heavy atom. The topological polar surface area (TPSA) is 60.9 Å². The van der Waals surface area contributed by atoms with Crippen LogP contribution in [0.3, 0.4) is 0 Å². The maximum Gasteiger partial charge on any atom is 0.250 e. The van der Waals surface area contributed by atoms with Crippen LogP contribution in [0.1, 0.15) is 10.4 Å². The van der Waals surface area contributed by atoms with Crippen molar-refractivity contribution in [1.29, 1.82) is 0 Å². The molecule has 2 aromatic heterocycles. The standard InChI is InChI=1S/C18H13N3O/c19-18(22)15-11-21(17-6-2-1-5-14(15)17)13-8-7-12-4-3-9-20-16(12)10-13/h1-11H,(H2,19,22). The first-order chi connectivity index (χ1) is 10.7. The van der Waals surface area contributed by atoms with Crippen molar-refractivity contribution < 1.29 is 4.79 Å². The zero-order valence-corrected chi connectivity index (χ0v) is 11.7. The number of pyridine rings is 1. The van der Waals surface area contributed by atoms with Crippen LogP contribution in [-0.4, -0.2) is 15.5 Å². The Kier molecular flexibility index (Phi) is 2.69. The fourth-order valence-electron chi connectivity index (χ4n) is 2.79. The van der Waals surface area contributed by atoms with Crippen molar-refractivity contribution in [1.82, 2.24) is 9.55 Å². The summed E-state index contributed by atoms with van der Waals surface area (Å²) in [5.74, 6) is -0.422. The largest absolute Gasteiger partial charge is 0.366 e. The number of fused-ring (bicyclic) bond motifs is 2. The van der Waals surface area contributed by atoms with Gasteiger partial charge in [-0.2, -0.15) is 0 Å². The average molecular weight is 287 g/mol. The Morgan fingerprint density at radius 3 is 2.77 bits per heavy atom. The van der Waals surface area contributed by atoms with Crippen LogP contribution in [0.5, 0.6) is 0 Å². The number of carbonyl (C=O) groups is 1. The van der Waals surface area contributed by atoms with Gasteiger partial charge in [0.25, 0.3) is 5.91 Å². The van der Waals surface area contributed by atoms with Gasteiger partial charge >= 0.3 is 0 Å². The second-order valence-corrected chi connectivity index (χ2v) is 5.17. The number of carbonyl (C=O) groups excluding carboxylic acids is 1. The van der Waals surface area contributed by atoms with E-state index in [0.29, 0.717) is 5.56 Å². The number of para-hydroxylation sites is 1. The number of benzene rings is 2. The normalized spacial score (nSPS) is 11.1. The molecular formula is C18H13N3O. The molecule has 0 bridgehead atoms. The molecule has 0 aliphatic rings. The first kappa shape index (κ1) is 12.6. The number of aromatic nitrogens is 2. The third-order valence-electron chi connectivity index (χ3n) is 3.85. The van der Waals surface area contributed by atoms with Crippen LogP contribution in [0, 0.1) is 0 Å². The average Bonchev–Trinajstić information content (AvgIpc) is 2.94. The van der Waals surface area contributed by atoms with E-state index in [4.69, 9.17) is 5.73 Å². The Balaban J connectivity index is 2.01. The van der Waals surface area contributed by atoms with E-state index in [-0.39, 0.29) is 0 Å². The van der Waals surface area contributed by atoms with Crippen LogP contribution in [0.2, 0.25) is 0 Å². The number of hydrogen-bond donors (Lipinski definition) is 1. The summed E-state index contributed by atoms with van der Waals surface area (Å²) < 4.78 is 1.98. The summed E-state index contributed by atoms with van der Waals surface area (Å²) in [7, 11) is 0. The minimum absolute atomic E-state index is 0.422. The Labute approximate surface area is 126 Å². The third-order valence-corrected chi connectivity index (χ3v) is 3.85. The smallest absolute Gasteiger partial charge is 0.250 e. The van der Waals surface area contributed by atoms with Crippen LogP contribution >= 0.6 is 0 Å². The van der Waals surface area contributed by atoms with Gasteiger partial charge in [-0.1, -0.05) is 30.3 Å². The fourth-order valence-corrected chi connectivity index (χ4v) is 2.79. The van der Waals surface area contributed by atoms with Gasteiger partial charge in [-0.15, -0.1) is 0 Å². The van der Waals surface area contributed by atoms with E-state index in [0.717, 1.165) is 27.5 Å². The molecule has 0 radical (unpaired) electrons. The summed E-state index contributed by atoms with van der Waals surface area (Å²) in [6.07, 6.45) is 3.56. The van der Waals surface area contributed by atoms with E-state index < -0.39 is 5.91 Å². The predicted octanol–water partition coefficient (Wildman–Crippen LogP) is 3.28. The van der Waals surface area contributed by atoms with E-state index in [1.54, 1.807) is 12.4 Å². The molecule has 0 unspecified atom stereocenters. The fraction of sp³-hybridized carbons (Fsp3) is 0. The van der Waals surface area contributed by atoms with Gasteiger partial charge in [-0.05, 0) is 24.3 Å². The highest BCUT2D eigenvalue weighted by atomic mass is 16.1. The molecule has 2 aromatic carbocycles. The van der Waals surface area contributed by atoms with Crippen LogP contribution in [0.15, 0.2) is 67.0 Å². The predicted molar refractivity (Wildman–Crippen MR) is 87.1 cm³/mol. The van der Waals surface area contributed by atoms with E-state index in [1.807, 2.05) is 59.2 Å². The zero-order chi connectivity index (χ0) is 15.1. The van der Waals surface area contributed by atoms with E-state index in [2.05, 4.69) is 4.98 Å². The number of amides is 1. The summed E-state index contributed by atoms with van der Waals surface area (Å²) in [6, 6.07) is 17.7. The molecular weight excluding hydrogens is 274 g/mol. The van der Waals surface area contributed by atoms with Crippen LogP contribution in [-0.2, 0) is 0 Å². The highest BCUT2D eigenvalue weighted by molar-refractivity contribution is 6.06. The summed E-state index contributed by atoms with van der Waals surface area (Å²) in [6.45, 7) is 0. The number of nitrogens with two attached hydrogens (primary N) is 1. The van der Waals surface area contributed by atoms with Gasteiger partial charge < -0.3 is 10.3 Å². The monoisotopic (exact) mass is 287 g/mol. The molecule has 0 aliphatic heterocycles. The van der Waals surface area contributed by atoms with Gasteiger partial charge in [-0.25, -0.2) is 0 Å². The van der Waals surface area contributed by atoms with Gasteiger partial charge in [-0.3, -0.25) is 9.78 Å². The van der Waals surface area contributed by atoms with Crippen molar-refractivity contribution in [2.75, 3.05) is 0 Å². The van der Waals surface area contributed by atoms with E-state index in [1.165, 1.54) is 0 Å².